The van der Waals surface area contributed by atoms with Gasteiger partial charge in [-0.15, -0.1) is 0 Å². The largest absolute Gasteiger partial charge is 0.350 e. The standard InChI is InChI=1S/C20H24F2N4O/c1-14(17-10-9-16(21)11-18(17)22)25-20(24-13-19(27)26(2)3)23-12-15-7-5-4-6-8-15/h4-11,14H,12-13H2,1-3H3,(H2,23,24,25). The Morgan fingerprint density at radius 1 is 1.15 bits per heavy atom. The van der Waals surface area contributed by atoms with Crippen LogP contribution >= 0.6 is 0 Å². The highest BCUT2D eigenvalue weighted by Gasteiger charge is 2.14. The molecule has 1 atom stereocenters. The summed E-state index contributed by atoms with van der Waals surface area (Å²) in [5.41, 5.74) is 1.31. The molecule has 2 aromatic rings. The van der Waals surface area contributed by atoms with E-state index in [0.717, 1.165) is 11.6 Å². The number of nitrogens with zero attached hydrogens (tertiary/aromatic N) is 2. The Morgan fingerprint density at radius 2 is 1.85 bits per heavy atom. The molecule has 0 aromatic heterocycles. The Kier molecular flexibility index (Phi) is 7.28. The number of hydrogen-bond donors (Lipinski definition) is 2. The molecule has 1 amide bonds. The zero-order chi connectivity index (χ0) is 19.8. The number of guanidine groups is 1. The van der Waals surface area contributed by atoms with E-state index in [1.165, 1.54) is 17.0 Å². The number of carbonyl (C=O) groups is 1. The van der Waals surface area contributed by atoms with Crippen molar-refractivity contribution in [2.75, 3.05) is 20.6 Å². The number of nitrogens with one attached hydrogen (secondary N) is 2. The number of carbonyl (C=O) groups excluding carboxylic acids is 1. The Hall–Kier alpha value is -2.96. The first-order valence-corrected chi connectivity index (χ1v) is 8.60. The Morgan fingerprint density at radius 3 is 2.48 bits per heavy atom. The van der Waals surface area contributed by atoms with Crippen molar-refractivity contribution in [1.82, 2.24) is 15.5 Å². The quantitative estimate of drug-likeness (QED) is 0.604. The highest BCUT2D eigenvalue weighted by atomic mass is 19.1. The van der Waals surface area contributed by atoms with Crippen LogP contribution in [0.4, 0.5) is 8.78 Å². The minimum absolute atomic E-state index is 0.0479. The van der Waals surface area contributed by atoms with Crippen LogP contribution in [-0.4, -0.2) is 37.4 Å². The minimum Gasteiger partial charge on any atom is -0.350 e. The van der Waals surface area contributed by atoms with Crippen molar-refractivity contribution in [3.05, 3.63) is 71.3 Å². The van der Waals surface area contributed by atoms with Crippen LogP contribution < -0.4 is 10.6 Å². The van der Waals surface area contributed by atoms with Crippen LogP contribution in [0.15, 0.2) is 53.5 Å². The van der Waals surface area contributed by atoms with Gasteiger partial charge < -0.3 is 15.5 Å². The van der Waals surface area contributed by atoms with Crippen molar-refractivity contribution >= 4 is 11.9 Å². The van der Waals surface area contributed by atoms with Gasteiger partial charge in [0.2, 0.25) is 5.91 Å². The summed E-state index contributed by atoms with van der Waals surface area (Å²) in [7, 11) is 3.32. The molecule has 2 aromatic carbocycles. The third-order valence-corrected chi connectivity index (χ3v) is 3.95. The first-order chi connectivity index (χ1) is 12.9. The van der Waals surface area contributed by atoms with E-state index in [9.17, 15) is 13.6 Å². The van der Waals surface area contributed by atoms with E-state index >= 15 is 0 Å². The zero-order valence-electron chi connectivity index (χ0n) is 15.7. The lowest BCUT2D eigenvalue weighted by molar-refractivity contribution is -0.127. The topological polar surface area (TPSA) is 56.7 Å². The van der Waals surface area contributed by atoms with Gasteiger partial charge in [0, 0.05) is 25.7 Å². The van der Waals surface area contributed by atoms with Crippen molar-refractivity contribution in [2.45, 2.75) is 19.5 Å². The molecule has 0 radical (unpaired) electrons. The molecule has 0 fully saturated rings. The number of amides is 1. The number of halogens is 2. The molecule has 0 saturated carbocycles. The molecule has 27 heavy (non-hydrogen) atoms. The van der Waals surface area contributed by atoms with Gasteiger partial charge >= 0.3 is 0 Å². The number of rotatable bonds is 6. The molecule has 144 valence electrons. The fourth-order valence-corrected chi connectivity index (χ4v) is 2.36. The molecule has 5 nitrogen and oxygen atoms in total. The summed E-state index contributed by atoms with van der Waals surface area (Å²) in [5.74, 6) is -1.02. The Bertz CT molecular complexity index is 794. The lowest BCUT2D eigenvalue weighted by Gasteiger charge is -2.20. The van der Waals surface area contributed by atoms with E-state index in [1.807, 2.05) is 30.3 Å². The third kappa shape index (κ3) is 6.36. The maximum atomic E-state index is 14.0. The summed E-state index contributed by atoms with van der Waals surface area (Å²) in [6.45, 7) is 2.18. The van der Waals surface area contributed by atoms with Crippen LogP contribution in [-0.2, 0) is 11.3 Å². The van der Waals surface area contributed by atoms with Crippen LogP contribution in [0.2, 0.25) is 0 Å². The molecule has 7 heteroatoms. The molecule has 1 unspecified atom stereocenters. The van der Waals surface area contributed by atoms with Gasteiger partial charge in [-0.05, 0) is 18.6 Å². The van der Waals surface area contributed by atoms with Crippen molar-refractivity contribution in [3.8, 4) is 0 Å². The van der Waals surface area contributed by atoms with Crippen molar-refractivity contribution in [3.63, 3.8) is 0 Å². The monoisotopic (exact) mass is 374 g/mol. The number of likely N-dealkylation sites (N-methyl/N-ethyl adjacent to an activating group) is 1. The molecule has 0 spiro atoms. The number of hydrogen-bond acceptors (Lipinski definition) is 2. The summed E-state index contributed by atoms with van der Waals surface area (Å²) < 4.78 is 27.1. The van der Waals surface area contributed by atoms with Crippen LogP contribution in [0.25, 0.3) is 0 Å². The Labute approximate surface area is 158 Å². The molecule has 0 aliphatic heterocycles. The molecule has 0 heterocycles. The van der Waals surface area contributed by atoms with Gasteiger partial charge in [0.1, 0.15) is 11.6 Å². The number of benzene rings is 2. The smallest absolute Gasteiger partial charge is 0.241 e. The second kappa shape index (κ2) is 9.66. The second-order valence-electron chi connectivity index (χ2n) is 6.32. The van der Waals surface area contributed by atoms with E-state index in [0.29, 0.717) is 18.1 Å². The number of aliphatic imine (C=N–C) groups is 1. The van der Waals surface area contributed by atoms with Gasteiger partial charge in [-0.1, -0.05) is 36.4 Å². The first-order valence-electron chi connectivity index (χ1n) is 8.60. The second-order valence-corrected chi connectivity index (χ2v) is 6.32. The molecule has 2 rings (SSSR count). The molecule has 0 saturated heterocycles. The lowest BCUT2D eigenvalue weighted by atomic mass is 10.1. The van der Waals surface area contributed by atoms with Crippen molar-refractivity contribution in [2.24, 2.45) is 4.99 Å². The van der Waals surface area contributed by atoms with Crippen LogP contribution in [0.1, 0.15) is 24.1 Å². The molecular formula is C20H24F2N4O. The molecular weight excluding hydrogens is 350 g/mol. The van der Waals surface area contributed by atoms with Gasteiger partial charge in [-0.2, -0.15) is 0 Å². The fraction of sp³-hybridized carbons (Fsp3) is 0.300. The van der Waals surface area contributed by atoms with Gasteiger partial charge in [-0.3, -0.25) is 4.79 Å². The molecule has 0 aliphatic rings. The molecule has 2 N–H and O–H groups in total. The first kappa shape index (κ1) is 20.4. The van der Waals surface area contributed by atoms with Crippen LogP contribution in [0.5, 0.6) is 0 Å². The maximum absolute atomic E-state index is 14.0. The summed E-state index contributed by atoms with van der Waals surface area (Å²) in [4.78, 5) is 17.8. The fourth-order valence-electron chi connectivity index (χ4n) is 2.36. The normalized spacial score (nSPS) is 12.4. The third-order valence-electron chi connectivity index (χ3n) is 3.95. The molecule has 0 aliphatic carbocycles. The summed E-state index contributed by atoms with van der Waals surface area (Å²) in [6, 6.07) is 12.6. The van der Waals surface area contributed by atoms with Gasteiger partial charge in [0.05, 0.1) is 19.1 Å². The van der Waals surface area contributed by atoms with Crippen molar-refractivity contribution in [1.29, 1.82) is 0 Å². The van der Waals surface area contributed by atoms with Gasteiger partial charge in [0.25, 0.3) is 0 Å². The highest BCUT2D eigenvalue weighted by molar-refractivity contribution is 5.86. The summed E-state index contributed by atoms with van der Waals surface area (Å²) in [6.07, 6.45) is 0. The van der Waals surface area contributed by atoms with E-state index in [4.69, 9.17) is 0 Å². The van der Waals surface area contributed by atoms with Gasteiger partial charge in [-0.25, -0.2) is 13.8 Å². The lowest BCUT2D eigenvalue weighted by Crippen LogP contribution is -2.43. The minimum atomic E-state index is -0.637. The highest BCUT2D eigenvalue weighted by Crippen LogP contribution is 2.17. The predicted octanol–water partition coefficient (Wildman–Crippen LogP) is 2.85. The Balaban J connectivity index is 2.13. The van der Waals surface area contributed by atoms with E-state index in [-0.39, 0.29) is 12.5 Å². The zero-order valence-corrected chi connectivity index (χ0v) is 15.7. The van der Waals surface area contributed by atoms with Crippen molar-refractivity contribution < 1.29 is 13.6 Å². The predicted molar refractivity (Wildman–Crippen MR) is 102 cm³/mol. The van der Waals surface area contributed by atoms with E-state index < -0.39 is 17.7 Å². The SMILES string of the molecule is CC(NC(=NCc1ccccc1)NCC(=O)N(C)C)c1ccc(F)cc1F. The van der Waals surface area contributed by atoms with E-state index in [1.54, 1.807) is 21.0 Å². The summed E-state index contributed by atoms with van der Waals surface area (Å²) >= 11 is 0. The van der Waals surface area contributed by atoms with Crippen LogP contribution in [0.3, 0.4) is 0 Å². The average molecular weight is 374 g/mol. The summed E-state index contributed by atoms with van der Waals surface area (Å²) in [5, 5.41) is 6.02. The van der Waals surface area contributed by atoms with Crippen LogP contribution in [0, 0.1) is 11.6 Å². The molecule has 0 bridgehead atoms. The maximum Gasteiger partial charge on any atom is 0.241 e. The van der Waals surface area contributed by atoms with Gasteiger partial charge in [0.15, 0.2) is 5.96 Å². The van der Waals surface area contributed by atoms with E-state index in [2.05, 4.69) is 15.6 Å². The average Bonchev–Trinajstić information content (AvgIpc) is 2.64.